The molecule has 1 spiro atoms. The predicted molar refractivity (Wildman–Crippen MR) is 131 cm³/mol. The van der Waals surface area contributed by atoms with Gasteiger partial charge in [0, 0.05) is 61.9 Å². The van der Waals surface area contributed by atoms with Crippen molar-refractivity contribution in [1.29, 1.82) is 0 Å². The summed E-state index contributed by atoms with van der Waals surface area (Å²) in [6, 6.07) is 16.5. The number of rotatable bonds is 5. The minimum absolute atomic E-state index is 0.224. The lowest BCUT2D eigenvalue weighted by Gasteiger charge is -2.37. The van der Waals surface area contributed by atoms with Crippen LogP contribution in [0.2, 0.25) is 0 Å². The third-order valence-electron chi connectivity index (χ3n) is 6.88. The summed E-state index contributed by atoms with van der Waals surface area (Å²) in [6.45, 7) is 7.78. The summed E-state index contributed by atoms with van der Waals surface area (Å²) in [7, 11) is 1.71. The molecule has 3 heterocycles. The first-order chi connectivity index (χ1) is 16.9. The number of likely N-dealkylation sites (tertiary alicyclic amines) is 1. The second-order valence-electron chi connectivity index (χ2n) is 9.37. The Labute approximate surface area is 205 Å². The van der Waals surface area contributed by atoms with E-state index >= 15 is 0 Å². The van der Waals surface area contributed by atoms with E-state index in [2.05, 4.69) is 41.6 Å². The highest BCUT2D eigenvalue weighted by atomic mass is 16.6. The Morgan fingerprint density at radius 3 is 2.40 bits per heavy atom. The number of anilines is 1. The molecule has 35 heavy (non-hydrogen) atoms. The molecule has 0 saturated carbocycles. The van der Waals surface area contributed by atoms with Gasteiger partial charge in [-0.3, -0.25) is 9.80 Å². The fourth-order valence-electron chi connectivity index (χ4n) is 5.03. The van der Waals surface area contributed by atoms with Crippen LogP contribution in [0.4, 0.5) is 10.5 Å². The zero-order valence-corrected chi connectivity index (χ0v) is 20.4. The molecular weight excluding hydrogens is 446 g/mol. The average molecular weight is 478 g/mol. The molecule has 0 atom stereocenters. The van der Waals surface area contributed by atoms with E-state index in [0.717, 1.165) is 43.9 Å². The highest BCUT2D eigenvalue weighted by molar-refractivity contribution is 5.90. The number of amides is 1. The van der Waals surface area contributed by atoms with Crippen LogP contribution in [-0.4, -0.2) is 54.1 Å². The molecule has 0 unspecified atom stereocenters. The van der Waals surface area contributed by atoms with Crippen LogP contribution in [0.3, 0.4) is 0 Å². The fourth-order valence-corrected chi connectivity index (χ4v) is 5.03. The van der Waals surface area contributed by atoms with Crippen molar-refractivity contribution >= 4 is 28.8 Å². The van der Waals surface area contributed by atoms with Crippen LogP contribution >= 0.6 is 0 Å². The first-order valence-electron chi connectivity index (χ1n) is 11.8. The number of fused-ring (bicyclic) bond motifs is 1. The molecule has 0 radical (unpaired) electrons. The average Bonchev–Trinajstić information content (AvgIpc) is 3.39. The number of carbonyl (C=O) groups is 1. The lowest BCUT2D eigenvalue weighted by atomic mass is 9.91. The molecule has 0 aliphatic carbocycles. The Bertz CT molecular complexity index is 1210. The summed E-state index contributed by atoms with van der Waals surface area (Å²) in [5.74, 6) is 0.884. The van der Waals surface area contributed by atoms with Crippen LogP contribution in [0, 0.1) is 0 Å². The maximum atomic E-state index is 12.6. The van der Waals surface area contributed by atoms with E-state index in [1.54, 1.807) is 12.0 Å². The van der Waals surface area contributed by atoms with Crippen LogP contribution in [0.5, 0.6) is 5.75 Å². The van der Waals surface area contributed by atoms with E-state index < -0.39 is 0 Å². The van der Waals surface area contributed by atoms with Crippen molar-refractivity contribution in [2.75, 3.05) is 31.6 Å². The van der Waals surface area contributed by atoms with Crippen LogP contribution in [0.25, 0.3) is 10.9 Å². The number of nitrogens with zero attached hydrogens (tertiary/aromatic N) is 3. The van der Waals surface area contributed by atoms with Gasteiger partial charge in [-0.1, -0.05) is 18.2 Å². The van der Waals surface area contributed by atoms with Crippen LogP contribution < -0.4 is 9.64 Å². The molecule has 3 aromatic rings. The summed E-state index contributed by atoms with van der Waals surface area (Å²) < 4.78 is 13.7. The van der Waals surface area contributed by atoms with E-state index in [9.17, 15) is 4.79 Å². The van der Waals surface area contributed by atoms with E-state index in [1.807, 2.05) is 36.4 Å². The zero-order valence-electron chi connectivity index (χ0n) is 20.4. The highest BCUT2D eigenvalue weighted by Gasteiger charge is 2.47. The van der Waals surface area contributed by atoms with E-state index in [4.69, 9.17) is 19.1 Å². The number of aromatic nitrogens is 1. The van der Waals surface area contributed by atoms with Crippen molar-refractivity contribution in [2.24, 2.45) is 0 Å². The Morgan fingerprint density at radius 1 is 1.09 bits per heavy atom. The third kappa shape index (κ3) is 5.09. The molecule has 0 N–H and O–H groups in total. The highest BCUT2D eigenvalue weighted by Crippen LogP contribution is 2.37. The molecule has 1 amide bonds. The van der Waals surface area contributed by atoms with Crippen molar-refractivity contribution in [3.05, 3.63) is 60.3 Å². The summed E-state index contributed by atoms with van der Waals surface area (Å²) in [6.07, 6.45) is 4.03. The topological polar surface area (TPSA) is 81.1 Å². The predicted octanol–water partition coefficient (Wildman–Crippen LogP) is 4.64. The summed E-state index contributed by atoms with van der Waals surface area (Å²) in [4.78, 5) is 33.1. The largest absolute Gasteiger partial charge is 0.497 e. The second-order valence-corrected chi connectivity index (χ2v) is 9.37. The van der Waals surface area contributed by atoms with Crippen LogP contribution in [0.15, 0.2) is 54.7 Å². The number of ether oxygens (including phenoxy) is 2. The number of carbonyl (C=O) groups excluding carboxylic acids is 3. The van der Waals surface area contributed by atoms with Gasteiger partial charge < -0.3 is 14.0 Å². The lowest BCUT2D eigenvalue weighted by molar-refractivity contribution is -0.191. The van der Waals surface area contributed by atoms with E-state index in [-0.39, 0.29) is 17.8 Å². The van der Waals surface area contributed by atoms with Crippen molar-refractivity contribution in [3.63, 3.8) is 0 Å². The smallest absolute Gasteiger partial charge is 0.415 e. The molecule has 184 valence electrons. The molecule has 2 fully saturated rings. The maximum Gasteiger partial charge on any atom is 0.415 e. The molecule has 8 nitrogen and oxygen atoms in total. The quantitative estimate of drug-likeness (QED) is 0.533. The maximum absolute atomic E-state index is 12.6. The van der Waals surface area contributed by atoms with Gasteiger partial charge in [0.1, 0.15) is 11.4 Å². The van der Waals surface area contributed by atoms with Gasteiger partial charge in [-0.25, -0.2) is 4.79 Å². The Balaban J connectivity index is 0.000000917. The molecular formula is C27H31N3O5. The fraction of sp³-hybridized carbons (Fsp3) is 0.407. The molecule has 2 saturated heterocycles. The van der Waals surface area contributed by atoms with Crippen molar-refractivity contribution < 1.29 is 23.9 Å². The Hall–Kier alpha value is -3.61. The van der Waals surface area contributed by atoms with Gasteiger partial charge in [0.25, 0.3) is 0 Å². The van der Waals surface area contributed by atoms with Crippen LogP contribution in [0.1, 0.15) is 38.3 Å². The van der Waals surface area contributed by atoms with E-state index in [1.165, 1.54) is 16.5 Å². The minimum Gasteiger partial charge on any atom is -0.497 e. The summed E-state index contributed by atoms with van der Waals surface area (Å²) in [5, 5.41) is 1.28. The lowest BCUT2D eigenvalue weighted by Crippen LogP contribution is -2.46. The van der Waals surface area contributed by atoms with Crippen molar-refractivity contribution in [3.8, 4) is 5.75 Å². The minimum atomic E-state index is -0.372. The monoisotopic (exact) mass is 477 g/mol. The van der Waals surface area contributed by atoms with Gasteiger partial charge in [0.05, 0.1) is 19.2 Å². The summed E-state index contributed by atoms with van der Waals surface area (Å²) >= 11 is 0. The molecule has 2 aliphatic heterocycles. The first kappa shape index (κ1) is 24.5. The van der Waals surface area contributed by atoms with Crippen LogP contribution in [-0.2, 0) is 20.9 Å². The number of piperidine rings is 1. The Morgan fingerprint density at radius 2 is 1.77 bits per heavy atom. The van der Waals surface area contributed by atoms with Gasteiger partial charge in [-0.2, -0.15) is 9.59 Å². The van der Waals surface area contributed by atoms with Gasteiger partial charge >= 0.3 is 12.2 Å². The molecule has 1 aromatic heterocycles. The number of para-hydroxylation sites is 1. The SMILES string of the molecule is COc1ccc2c(CN3CCC4(CC3)CN(c3ccccc3)C(=O)O4)cn(C(C)C)c2c1.O=C=O. The Kier molecular flexibility index (Phi) is 7.24. The van der Waals surface area contributed by atoms with Gasteiger partial charge in [-0.05, 0) is 43.7 Å². The van der Waals surface area contributed by atoms with Gasteiger partial charge in [0.15, 0.2) is 0 Å². The van der Waals surface area contributed by atoms with Gasteiger partial charge in [0.2, 0.25) is 0 Å². The molecule has 8 heteroatoms. The molecule has 2 aliphatic rings. The molecule has 2 aromatic carbocycles. The summed E-state index contributed by atoms with van der Waals surface area (Å²) in [5.41, 5.74) is 3.09. The van der Waals surface area contributed by atoms with E-state index in [0.29, 0.717) is 12.6 Å². The number of hydrogen-bond acceptors (Lipinski definition) is 6. The third-order valence-corrected chi connectivity index (χ3v) is 6.88. The number of hydrogen-bond donors (Lipinski definition) is 0. The normalized spacial score (nSPS) is 17.3. The standard InChI is InChI=1S/C26H31N3O3.CO2/c1-19(2)28-17-20(23-10-9-22(31-3)15-24(23)28)16-27-13-11-26(12-14-27)18-29(25(30)32-26)21-7-5-4-6-8-21;2-1-3/h4-10,15,17,19H,11-14,16,18H2,1-3H3;. The van der Waals surface area contributed by atoms with Crippen molar-refractivity contribution in [1.82, 2.24) is 9.47 Å². The number of methoxy groups -OCH3 is 1. The number of benzene rings is 2. The second kappa shape index (κ2) is 10.3. The van der Waals surface area contributed by atoms with Gasteiger partial charge in [-0.15, -0.1) is 0 Å². The first-order valence-corrected chi connectivity index (χ1v) is 11.8. The molecule has 5 rings (SSSR count). The zero-order chi connectivity index (χ0) is 25.0. The van der Waals surface area contributed by atoms with Crippen molar-refractivity contribution in [2.45, 2.75) is 44.9 Å². The molecule has 0 bridgehead atoms.